The van der Waals surface area contributed by atoms with Crippen LogP contribution in [-0.2, 0) is 11.2 Å². The normalized spacial score (nSPS) is 23.0. The zero-order valence-electron chi connectivity index (χ0n) is 29.8. The predicted molar refractivity (Wildman–Crippen MR) is 204 cm³/mol. The van der Waals surface area contributed by atoms with E-state index in [1.54, 1.807) is 36.4 Å². The number of methoxy groups -OCH3 is 1. The minimum Gasteiger partial charge on any atom is -0.495 e. The molecule has 12 heteroatoms. The fraction of sp³-hybridized carbons (Fsp3) is 0.381. The van der Waals surface area contributed by atoms with Crippen molar-refractivity contribution in [2.75, 3.05) is 20.2 Å². The van der Waals surface area contributed by atoms with Crippen LogP contribution in [-0.4, -0.2) is 52.7 Å². The Morgan fingerprint density at radius 3 is 2.65 bits per heavy atom. The van der Waals surface area contributed by atoms with Crippen LogP contribution in [0, 0.1) is 47.2 Å². The first kappa shape index (κ1) is 34.9. The zero-order valence-corrected chi connectivity index (χ0v) is 31.3. The second kappa shape index (κ2) is 13.5. The molecule has 10 rings (SSSR count). The van der Waals surface area contributed by atoms with E-state index >= 15 is 4.39 Å². The lowest BCUT2D eigenvalue weighted by atomic mass is 9.79. The second-order valence-electron chi connectivity index (χ2n) is 15.0. The maximum atomic E-state index is 17.2. The minimum atomic E-state index is -0.503. The number of rotatable bonds is 9. The number of nitrogens with one attached hydrogen (secondary N) is 1. The van der Waals surface area contributed by atoms with Gasteiger partial charge in [-0.2, -0.15) is 10.5 Å². The summed E-state index contributed by atoms with van der Waals surface area (Å²) in [5, 5.41) is 24.9. The minimum absolute atomic E-state index is 0.00149. The lowest BCUT2D eigenvalue weighted by molar-refractivity contribution is -0.133. The highest BCUT2D eigenvalue weighted by Crippen LogP contribution is 2.51. The molecule has 3 aliphatic heterocycles. The number of likely N-dealkylation sites (tertiary alicyclic amines) is 1. The van der Waals surface area contributed by atoms with Crippen molar-refractivity contribution in [2.45, 2.75) is 69.7 Å². The topological polar surface area (TPSA) is 116 Å². The highest BCUT2D eigenvalue weighted by molar-refractivity contribution is 6.43. The highest BCUT2D eigenvalue weighted by atomic mass is 35.5. The lowest BCUT2D eigenvalue weighted by Gasteiger charge is -2.39. The number of pyridine rings is 1. The summed E-state index contributed by atoms with van der Waals surface area (Å²) in [5.74, 6) is 1.00. The Morgan fingerprint density at radius 1 is 1.11 bits per heavy atom. The van der Waals surface area contributed by atoms with Crippen LogP contribution in [0.25, 0.3) is 32.9 Å². The molecule has 0 spiro atoms. The van der Waals surface area contributed by atoms with Gasteiger partial charge < -0.3 is 24.3 Å². The molecular formula is C42H37Cl2FN6O3. The molecule has 5 atom stereocenters. The van der Waals surface area contributed by atoms with Crippen LogP contribution in [0.4, 0.5) is 4.39 Å². The molecule has 54 heavy (non-hydrogen) atoms. The number of amides is 1. The number of ether oxygens (including phenoxy) is 2. The van der Waals surface area contributed by atoms with E-state index in [1.165, 1.54) is 7.11 Å². The average molecular weight is 764 g/mol. The number of hydrogen-bond acceptors (Lipinski definition) is 7. The van der Waals surface area contributed by atoms with Gasteiger partial charge in [0.15, 0.2) is 5.82 Å². The molecule has 0 radical (unpaired) electrons. The first-order chi connectivity index (χ1) is 26.2. The number of halogens is 3. The third kappa shape index (κ3) is 5.57. The van der Waals surface area contributed by atoms with Gasteiger partial charge in [0.05, 0.1) is 52.9 Å². The quantitative estimate of drug-likeness (QED) is 0.160. The van der Waals surface area contributed by atoms with E-state index in [1.807, 2.05) is 17.9 Å². The van der Waals surface area contributed by atoms with E-state index in [4.69, 9.17) is 37.7 Å². The van der Waals surface area contributed by atoms with Gasteiger partial charge in [-0.1, -0.05) is 35.3 Å². The summed E-state index contributed by atoms with van der Waals surface area (Å²) in [6.45, 7) is 3.20. The molecule has 5 fully saturated rings. The van der Waals surface area contributed by atoms with Crippen LogP contribution in [0.1, 0.15) is 66.7 Å². The van der Waals surface area contributed by atoms with Gasteiger partial charge in [-0.25, -0.2) is 9.37 Å². The number of carbonyl (C=O) groups is 1. The second-order valence-corrected chi connectivity index (χ2v) is 15.8. The summed E-state index contributed by atoms with van der Waals surface area (Å²) in [6, 6.07) is 18.9. The van der Waals surface area contributed by atoms with E-state index in [2.05, 4.69) is 28.1 Å². The molecule has 9 nitrogen and oxygen atoms in total. The summed E-state index contributed by atoms with van der Waals surface area (Å²) in [6.07, 6.45) is 3.53. The Balaban J connectivity index is 1.23. The molecule has 1 amide bonds. The number of nitriles is 2. The summed E-state index contributed by atoms with van der Waals surface area (Å²) < 4.78 is 31.6. The number of aryl methyl sites for hydroxylation is 2. The van der Waals surface area contributed by atoms with Crippen LogP contribution in [0.5, 0.6) is 11.5 Å². The first-order valence-corrected chi connectivity index (χ1v) is 19.2. The van der Waals surface area contributed by atoms with Crippen molar-refractivity contribution in [1.29, 1.82) is 10.5 Å². The summed E-state index contributed by atoms with van der Waals surface area (Å²) in [4.78, 5) is 21.0. The number of benzene rings is 3. The Kier molecular flexibility index (Phi) is 8.69. The molecule has 5 heterocycles. The Labute approximate surface area is 322 Å². The van der Waals surface area contributed by atoms with Gasteiger partial charge >= 0.3 is 0 Å². The van der Waals surface area contributed by atoms with Crippen LogP contribution in [0.3, 0.4) is 0 Å². The molecule has 2 bridgehead atoms. The monoisotopic (exact) mass is 762 g/mol. The summed E-state index contributed by atoms with van der Waals surface area (Å²) >= 11 is 13.1. The van der Waals surface area contributed by atoms with Gasteiger partial charge in [0, 0.05) is 70.7 Å². The van der Waals surface area contributed by atoms with Gasteiger partial charge in [-0.05, 0) is 74.4 Å². The van der Waals surface area contributed by atoms with Crippen molar-refractivity contribution >= 4 is 50.9 Å². The molecule has 3 aromatic carbocycles. The molecule has 1 N–H and O–H groups in total. The van der Waals surface area contributed by atoms with Crippen LogP contribution < -0.4 is 14.8 Å². The first-order valence-electron chi connectivity index (χ1n) is 18.5. The SMILES string of the molecule is COc1cc(O[C@H]2C[C@H](c3cc4c(C)nc5c(F)c(-c6cccc(Cl)c6Cl)c(CCC#N)cc5c4n3[C@H]3[C@H]4CN[C@@H]3C4)N(C(=O)C3CC3)C2)ccc1C#N. The Bertz CT molecular complexity index is 2450. The van der Waals surface area contributed by atoms with Crippen LogP contribution in [0.2, 0.25) is 10.0 Å². The van der Waals surface area contributed by atoms with Gasteiger partial charge in [-0.3, -0.25) is 4.79 Å². The van der Waals surface area contributed by atoms with Crippen LogP contribution >= 0.6 is 23.2 Å². The van der Waals surface area contributed by atoms with E-state index in [0.29, 0.717) is 75.2 Å². The zero-order chi connectivity index (χ0) is 37.4. The molecule has 274 valence electrons. The number of aromatic nitrogens is 2. The van der Waals surface area contributed by atoms with Gasteiger partial charge in [0.25, 0.3) is 0 Å². The molecule has 0 unspecified atom stereocenters. The molecule has 2 aromatic heterocycles. The average Bonchev–Trinajstić information content (AvgIpc) is 3.45. The van der Waals surface area contributed by atoms with Gasteiger partial charge in [-0.15, -0.1) is 0 Å². The highest BCUT2D eigenvalue weighted by Gasteiger charge is 2.51. The Hall–Kier alpha value is -4.87. The number of fused-ring (bicyclic) bond motifs is 4. The fourth-order valence-electron chi connectivity index (χ4n) is 9.10. The van der Waals surface area contributed by atoms with Gasteiger partial charge in [0.2, 0.25) is 5.91 Å². The van der Waals surface area contributed by atoms with Crippen molar-refractivity contribution in [3.05, 3.63) is 86.9 Å². The largest absolute Gasteiger partial charge is 0.495 e. The van der Waals surface area contributed by atoms with Crippen molar-refractivity contribution in [3.8, 4) is 34.8 Å². The lowest BCUT2D eigenvalue weighted by Crippen LogP contribution is -2.41. The molecule has 2 aliphatic carbocycles. The maximum absolute atomic E-state index is 17.2. The van der Waals surface area contributed by atoms with Gasteiger partial charge in [0.1, 0.15) is 29.2 Å². The Morgan fingerprint density at radius 2 is 1.94 bits per heavy atom. The maximum Gasteiger partial charge on any atom is 0.226 e. The number of nitrogens with zero attached hydrogens (tertiary/aromatic N) is 5. The summed E-state index contributed by atoms with van der Waals surface area (Å²) in [5.41, 5.74) is 4.61. The van der Waals surface area contributed by atoms with E-state index in [0.717, 1.165) is 42.4 Å². The van der Waals surface area contributed by atoms with Crippen molar-refractivity contribution in [2.24, 2.45) is 11.8 Å². The van der Waals surface area contributed by atoms with E-state index in [9.17, 15) is 15.3 Å². The van der Waals surface area contributed by atoms with Crippen molar-refractivity contribution in [1.82, 2.24) is 19.8 Å². The molecule has 5 aromatic rings. The molecule has 2 saturated carbocycles. The number of carbonyl (C=O) groups excluding carboxylic acids is 1. The molecule has 3 saturated heterocycles. The molecular weight excluding hydrogens is 726 g/mol. The summed E-state index contributed by atoms with van der Waals surface area (Å²) in [7, 11) is 1.52. The van der Waals surface area contributed by atoms with Crippen molar-refractivity contribution < 1.29 is 18.7 Å². The van der Waals surface area contributed by atoms with E-state index < -0.39 is 5.82 Å². The standard InChI is InChI=1S/C42H37Cl2FN6O3/c1-21-29-17-34(33-15-27(20-50(33)42(52)22-8-9-22)54-26-11-10-24(18-47)35(16-26)53-2)51(40-25-14-32(40)48-19-25)41(29)30-13-23(5-4-12-46)36(38(45)39(30)49-21)28-6-3-7-31(43)37(28)44/h3,6-7,10-11,13,16-17,22,25,27,32-33,40,48H,4-5,8-9,14-15,19-20H2,1-2H3/t25-,27+,32-,33-,40+/m1/s1. The number of hydrogen-bond donors (Lipinski definition) is 1. The van der Waals surface area contributed by atoms with E-state index in [-0.39, 0.29) is 53.0 Å². The predicted octanol–water partition coefficient (Wildman–Crippen LogP) is 8.61. The molecule has 5 aliphatic rings. The van der Waals surface area contributed by atoms with Crippen molar-refractivity contribution in [3.63, 3.8) is 0 Å². The fourth-order valence-corrected chi connectivity index (χ4v) is 9.49. The third-order valence-corrected chi connectivity index (χ3v) is 12.7. The smallest absolute Gasteiger partial charge is 0.226 e. The third-order valence-electron chi connectivity index (χ3n) is 11.8. The van der Waals surface area contributed by atoms with Crippen LogP contribution in [0.15, 0.2) is 48.5 Å².